The van der Waals surface area contributed by atoms with Gasteiger partial charge in [0, 0.05) is 28.6 Å². The number of nitrogens with two attached hydrogens (primary N) is 1. The minimum Gasteiger partial charge on any atom is -0.396 e. The fourth-order valence-electron chi connectivity index (χ4n) is 2.20. The minimum atomic E-state index is -0.129. The monoisotopic (exact) mass is 245 g/mol. The molecule has 0 spiro atoms. The second kappa shape index (κ2) is 3.95. The van der Waals surface area contributed by atoms with E-state index in [1.165, 1.54) is 0 Å². The predicted octanol–water partition coefficient (Wildman–Crippen LogP) is 2.20. The number of hydrogen-bond acceptors (Lipinski definition) is 2. The Balaban J connectivity index is 2.37. The van der Waals surface area contributed by atoms with Gasteiger partial charge in [-0.05, 0) is 30.0 Å². The molecule has 1 aliphatic carbocycles. The van der Waals surface area contributed by atoms with Crippen molar-refractivity contribution in [1.29, 1.82) is 0 Å². The van der Waals surface area contributed by atoms with Crippen molar-refractivity contribution < 1.29 is 5.11 Å². The van der Waals surface area contributed by atoms with E-state index in [2.05, 4.69) is 0 Å². The molecule has 2 unspecified atom stereocenters. The van der Waals surface area contributed by atoms with Crippen LogP contribution in [0, 0.1) is 5.92 Å². The van der Waals surface area contributed by atoms with Crippen molar-refractivity contribution in [2.75, 3.05) is 13.2 Å². The molecule has 2 nitrogen and oxygen atoms in total. The van der Waals surface area contributed by atoms with Crippen molar-refractivity contribution in [2.45, 2.75) is 11.8 Å². The van der Waals surface area contributed by atoms with E-state index in [9.17, 15) is 0 Å². The third-order valence-corrected chi connectivity index (χ3v) is 3.83. The summed E-state index contributed by atoms with van der Waals surface area (Å²) in [4.78, 5) is 0. The van der Waals surface area contributed by atoms with E-state index in [1.54, 1.807) is 6.07 Å². The molecule has 0 heterocycles. The lowest BCUT2D eigenvalue weighted by Crippen LogP contribution is -2.23. The van der Waals surface area contributed by atoms with Gasteiger partial charge in [0.15, 0.2) is 0 Å². The van der Waals surface area contributed by atoms with Crippen LogP contribution in [0.4, 0.5) is 0 Å². The molecule has 0 bridgehead atoms. The lowest BCUT2D eigenvalue weighted by Gasteiger charge is -2.16. The fourth-order valence-corrected chi connectivity index (χ4v) is 2.80. The zero-order chi connectivity index (χ0) is 11.1. The van der Waals surface area contributed by atoms with E-state index in [1.807, 2.05) is 12.1 Å². The van der Waals surface area contributed by atoms with Gasteiger partial charge in [-0.15, -0.1) is 0 Å². The van der Waals surface area contributed by atoms with Crippen LogP contribution >= 0.6 is 23.2 Å². The van der Waals surface area contributed by atoms with Crippen LogP contribution in [0.1, 0.15) is 12.0 Å². The molecule has 2 atom stereocenters. The summed E-state index contributed by atoms with van der Waals surface area (Å²) in [6.45, 7) is 0.676. The molecular weight excluding hydrogens is 233 g/mol. The van der Waals surface area contributed by atoms with Gasteiger partial charge in [0.25, 0.3) is 0 Å². The number of aliphatic hydroxyl groups excluding tert-OH is 1. The molecule has 4 heteroatoms. The van der Waals surface area contributed by atoms with Gasteiger partial charge in [0.1, 0.15) is 0 Å². The molecule has 15 heavy (non-hydrogen) atoms. The van der Waals surface area contributed by atoms with Crippen LogP contribution < -0.4 is 5.73 Å². The molecule has 0 aliphatic heterocycles. The standard InChI is InChI=1S/C11H13Cl2NO/c12-8-1-2-9(10(13)3-8)11(6-14)4-7(11)5-15/h1-3,7,15H,4-6,14H2. The molecule has 82 valence electrons. The van der Waals surface area contributed by atoms with Crippen LogP contribution in [0.2, 0.25) is 10.0 Å². The number of benzene rings is 1. The summed E-state index contributed by atoms with van der Waals surface area (Å²) in [6, 6.07) is 5.45. The number of rotatable bonds is 3. The van der Waals surface area contributed by atoms with Gasteiger partial charge in [0.05, 0.1) is 0 Å². The maximum atomic E-state index is 9.15. The van der Waals surface area contributed by atoms with Crippen LogP contribution in [0.3, 0.4) is 0 Å². The molecule has 0 amide bonds. The summed E-state index contributed by atoms with van der Waals surface area (Å²) in [5.41, 5.74) is 6.65. The quantitative estimate of drug-likeness (QED) is 0.858. The lowest BCUT2D eigenvalue weighted by molar-refractivity contribution is 0.264. The van der Waals surface area contributed by atoms with Crippen molar-refractivity contribution in [2.24, 2.45) is 11.7 Å². The summed E-state index contributed by atoms with van der Waals surface area (Å²) < 4.78 is 0. The predicted molar refractivity (Wildman–Crippen MR) is 62.4 cm³/mol. The number of halogens is 2. The van der Waals surface area contributed by atoms with Crippen molar-refractivity contribution in [3.63, 3.8) is 0 Å². The van der Waals surface area contributed by atoms with Gasteiger partial charge in [-0.2, -0.15) is 0 Å². The third kappa shape index (κ3) is 1.76. The van der Waals surface area contributed by atoms with Crippen molar-refractivity contribution in [1.82, 2.24) is 0 Å². The molecule has 1 aromatic carbocycles. The van der Waals surface area contributed by atoms with Gasteiger partial charge in [-0.3, -0.25) is 0 Å². The van der Waals surface area contributed by atoms with E-state index in [0.29, 0.717) is 16.6 Å². The molecule has 2 rings (SSSR count). The number of aliphatic hydroxyl groups is 1. The van der Waals surface area contributed by atoms with Crippen molar-refractivity contribution in [3.05, 3.63) is 33.8 Å². The summed E-state index contributed by atoms with van der Waals surface area (Å²) in [5, 5.41) is 10.4. The van der Waals surface area contributed by atoms with Gasteiger partial charge in [0.2, 0.25) is 0 Å². The first-order valence-corrected chi connectivity index (χ1v) is 5.66. The van der Waals surface area contributed by atoms with Crippen LogP contribution in [0.25, 0.3) is 0 Å². The van der Waals surface area contributed by atoms with Gasteiger partial charge in [-0.25, -0.2) is 0 Å². The fraction of sp³-hybridized carbons (Fsp3) is 0.455. The average molecular weight is 246 g/mol. The molecular formula is C11H13Cl2NO. The zero-order valence-electron chi connectivity index (χ0n) is 8.21. The Morgan fingerprint density at radius 3 is 2.67 bits per heavy atom. The Bertz CT molecular complexity index is 383. The first-order chi connectivity index (χ1) is 7.14. The highest BCUT2D eigenvalue weighted by Gasteiger charge is 2.54. The van der Waals surface area contributed by atoms with Crippen LogP contribution in [0.15, 0.2) is 18.2 Å². The average Bonchev–Trinajstić information content (AvgIpc) is 2.93. The van der Waals surface area contributed by atoms with Crippen LogP contribution in [-0.4, -0.2) is 18.3 Å². The first kappa shape index (κ1) is 11.2. The molecule has 3 N–H and O–H groups in total. The second-order valence-electron chi connectivity index (χ2n) is 4.07. The largest absolute Gasteiger partial charge is 0.396 e. The normalized spacial score (nSPS) is 29.2. The molecule has 1 aromatic rings. The first-order valence-electron chi connectivity index (χ1n) is 4.90. The van der Waals surface area contributed by atoms with E-state index < -0.39 is 0 Å². The summed E-state index contributed by atoms with van der Waals surface area (Å²) in [7, 11) is 0. The van der Waals surface area contributed by atoms with Gasteiger partial charge < -0.3 is 10.8 Å². The van der Waals surface area contributed by atoms with Crippen LogP contribution in [-0.2, 0) is 5.41 Å². The Morgan fingerprint density at radius 2 is 2.20 bits per heavy atom. The van der Waals surface area contributed by atoms with E-state index >= 15 is 0 Å². The minimum absolute atomic E-state index is 0.129. The maximum Gasteiger partial charge on any atom is 0.0468 e. The Labute approximate surface area is 99.0 Å². The summed E-state index contributed by atoms with van der Waals surface area (Å²) >= 11 is 12.0. The second-order valence-corrected chi connectivity index (χ2v) is 4.91. The topological polar surface area (TPSA) is 46.2 Å². The summed E-state index contributed by atoms with van der Waals surface area (Å²) in [5.74, 6) is 0.237. The molecule has 1 fully saturated rings. The highest BCUT2D eigenvalue weighted by atomic mass is 35.5. The SMILES string of the molecule is NCC1(c2ccc(Cl)cc2Cl)CC1CO. The smallest absolute Gasteiger partial charge is 0.0468 e. The van der Waals surface area contributed by atoms with E-state index in [-0.39, 0.29) is 17.9 Å². The van der Waals surface area contributed by atoms with Gasteiger partial charge >= 0.3 is 0 Å². The highest BCUT2D eigenvalue weighted by Crippen LogP contribution is 2.55. The van der Waals surface area contributed by atoms with Crippen molar-refractivity contribution >= 4 is 23.2 Å². The maximum absolute atomic E-state index is 9.15. The molecule has 1 saturated carbocycles. The molecule has 1 aliphatic rings. The zero-order valence-corrected chi connectivity index (χ0v) is 9.72. The van der Waals surface area contributed by atoms with Crippen LogP contribution in [0.5, 0.6) is 0 Å². The Kier molecular flexibility index (Phi) is 2.95. The Hall–Kier alpha value is -0.280. The van der Waals surface area contributed by atoms with E-state index in [0.717, 1.165) is 12.0 Å². The third-order valence-electron chi connectivity index (χ3n) is 3.28. The Morgan fingerprint density at radius 1 is 1.47 bits per heavy atom. The number of hydrogen-bond donors (Lipinski definition) is 2. The van der Waals surface area contributed by atoms with Gasteiger partial charge in [-0.1, -0.05) is 29.3 Å². The lowest BCUT2D eigenvalue weighted by atomic mass is 9.93. The van der Waals surface area contributed by atoms with E-state index in [4.69, 9.17) is 34.0 Å². The summed E-state index contributed by atoms with van der Waals surface area (Å²) in [6.07, 6.45) is 0.904. The molecule has 0 saturated heterocycles. The van der Waals surface area contributed by atoms with Crippen molar-refractivity contribution in [3.8, 4) is 0 Å². The molecule has 0 aromatic heterocycles. The highest BCUT2D eigenvalue weighted by molar-refractivity contribution is 6.35. The molecule has 0 radical (unpaired) electrons.